The highest BCUT2D eigenvalue weighted by Crippen LogP contribution is 2.27. The predicted octanol–water partition coefficient (Wildman–Crippen LogP) is 0.127. The lowest BCUT2D eigenvalue weighted by Gasteiger charge is -2.37. The number of ether oxygens (including phenoxy) is 2. The fourth-order valence-electron chi connectivity index (χ4n) is 1.73. The molecule has 1 saturated heterocycles. The van der Waals surface area contributed by atoms with Crippen LogP contribution in [0.4, 0.5) is 0 Å². The molecule has 2 unspecified atom stereocenters. The summed E-state index contributed by atoms with van der Waals surface area (Å²) in [5, 5.41) is 18.3. The Morgan fingerprint density at radius 2 is 2.23 bits per heavy atom. The van der Waals surface area contributed by atoms with E-state index in [9.17, 15) is 5.11 Å². The Morgan fingerprint density at radius 3 is 2.77 bits per heavy atom. The number of aliphatic hydroxyl groups excluding tert-OH is 2. The second-order valence-electron chi connectivity index (χ2n) is 3.57. The molecule has 0 saturated carbocycles. The molecule has 78 valence electrons. The minimum atomic E-state index is -0.546. The summed E-state index contributed by atoms with van der Waals surface area (Å²) in [6.45, 7) is 2.12. The van der Waals surface area contributed by atoms with E-state index in [4.69, 9.17) is 14.6 Å². The lowest BCUT2D eigenvalue weighted by Crippen LogP contribution is -2.44. The Bertz CT molecular complexity index is 151. The summed E-state index contributed by atoms with van der Waals surface area (Å²) in [5.41, 5.74) is 0. The number of aliphatic hydroxyl groups is 2. The van der Waals surface area contributed by atoms with E-state index in [0.717, 1.165) is 0 Å². The van der Waals surface area contributed by atoms with Gasteiger partial charge in [0.1, 0.15) is 6.10 Å². The Kier molecular flexibility index (Phi) is 4.12. The van der Waals surface area contributed by atoms with Crippen LogP contribution in [0.5, 0.6) is 0 Å². The minimum absolute atomic E-state index is 0.00153. The van der Waals surface area contributed by atoms with Crippen molar-refractivity contribution in [3.63, 3.8) is 0 Å². The van der Waals surface area contributed by atoms with Crippen molar-refractivity contribution in [1.82, 2.24) is 0 Å². The van der Waals surface area contributed by atoms with Crippen LogP contribution < -0.4 is 0 Å². The third kappa shape index (κ3) is 2.64. The average Bonchev–Trinajstić information content (AvgIpc) is 2.10. The molecule has 0 aliphatic carbocycles. The molecule has 4 atom stereocenters. The summed E-state index contributed by atoms with van der Waals surface area (Å²) in [4.78, 5) is 0. The topological polar surface area (TPSA) is 58.9 Å². The zero-order valence-corrected chi connectivity index (χ0v) is 8.14. The number of hydrogen-bond acceptors (Lipinski definition) is 4. The van der Waals surface area contributed by atoms with Gasteiger partial charge in [-0.1, -0.05) is 6.92 Å². The minimum Gasteiger partial charge on any atom is -0.396 e. The van der Waals surface area contributed by atoms with Gasteiger partial charge in [-0.3, -0.25) is 0 Å². The molecule has 1 aliphatic heterocycles. The van der Waals surface area contributed by atoms with Gasteiger partial charge in [-0.2, -0.15) is 0 Å². The fourth-order valence-corrected chi connectivity index (χ4v) is 1.73. The van der Waals surface area contributed by atoms with Crippen molar-refractivity contribution in [3.05, 3.63) is 0 Å². The van der Waals surface area contributed by atoms with E-state index < -0.39 is 12.4 Å². The Morgan fingerprint density at radius 1 is 1.54 bits per heavy atom. The molecule has 0 aromatic heterocycles. The third-order valence-corrected chi connectivity index (χ3v) is 2.52. The molecule has 0 aromatic rings. The largest absolute Gasteiger partial charge is 0.396 e. The summed E-state index contributed by atoms with van der Waals surface area (Å²) in [5.74, 6) is 0.272. The van der Waals surface area contributed by atoms with Crippen molar-refractivity contribution in [2.75, 3.05) is 13.7 Å². The van der Waals surface area contributed by atoms with Crippen LogP contribution in [0.15, 0.2) is 0 Å². The summed E-state index contributed by atoms with van der Waals surface area (Å²) < 4.78 is 10.4. The Hall–Kier alpha value is -0.160. The van der Waals surface area contributed by atoms with Crippen LogP contribution in [0.3, 0.4) is 0 Å². The van der Waals surface area contributed by atoms with Gasteiger partial charge in [-0.05, 0) is 18.8 Å². The van der Waals surface area contributed by atoms with Crippen molar-refractivity contribution in [3.8, 4) is 0 Å². The van der Waals surface area contributed by atoms with Gasteiger partial charge in [0.2, 0.25) is 0 Å². The molecule has 13 heavy (non-hydrogen) atoms. The van der Waals surface area contributed by atoms with Crippen LogP contribution in [-0.2, 0) is 9.47 Å². The zero-order valence-electron chi connectivity index (χ0n) is 8.14. The van der Waals surface area contributed by atoms with Crippen LogP contribution in [0.2, 0.25) is 0 Å². The van der Waals surface area contributed by atoms with Crippen LogP contribution in [0, 0.1) is 5.92 Å². The first-order valence-electron chi connectivity index (χ1n) is 4.66. The molecule has 4 heteroatoms. The van der Waals surface area contributed by atoms with Gasteiger partial charge in [-0.25, -0.2) is 0 Å². The molecule has 0 amide bonds. The van der Waals surface area contributed by atoms with Crippen LogP contribution >= 0.6 is 0 Å². The third-order valence-electron chi connectivity index (χ3n) is 2.52. The van der Waals surface area contributed by atoms with Gasteiger partial charge in [0.25, 0.3) is 0 Å². The molecule has 2 N–H and O–H groups in total. The van der Waals surface area contributed by atoms with Crippen LogP contribution in [0.25, 0.3) is 0 Å². The van der Waals surface area contributed by atoms with Crippen LogP contribution in [-0.4, -0.2) is 42.4 Å². The maximum absolute atomic E-state index is 9.51. The van der Waals surface area contributed by atoms with Gasteiger partial charge in [0.05, 0.1) is 6.10 Å². The first-order chi connectivity index (χ1) is 6.19. The normalized spacial score (nSPS) is 40.6. The van der Waals surface area contributed by atoms with Gasteiger partial charge < -0.3 is 19.7 Å². The summed E-state index contributed by atoms with van der Waals surface area (Å²) >= 11 is 0. The second-order valence-corrected chi connectivity index (χ2v) is 3.57. The molecule has 1 heterocycles. The molecule has 0 spiro atoms. The fraction of sp³-hybridized carbons (Fsp3) is 1.00. The highest BCUT2D eigenvalue weighted by atomic mass is 16.7. The molecule has 0 radical (unpaired) electrons. The quantitative estimate of drug-likeness (QED) is 0.664. The molecule has 4 nitrogen and oxygen atoms in total. The molecule has 1 aliphatic rings. The maximum Gasteiger partial charge on any atom is 0.183 e. The van der Waals surface area contributed by atoms with Crippen molar-refractivity contribution >= 4 is 0 Å². The maximum atomic E-state index is 9.51. The standard InChI is InChI=1S/C9H18O4/c1-6-5-7(11)9(12-2)13-8(6)3-4-10/h6-11H,3-5H2,1-2H3/t6-,7?,8-,9?/m1/s1. The molecule has 0 aromatic carbocycles. The molecule has 1 rings (SSSR count). The summed E-state index contributed by atoms with van der Waals surface area (Å²) in [6.07, 6.45) is 0.192. The Labute approximate surface area is 78.5 Å². The van der Waals surface area contributed by atoms with Crippen molar-refractivity contribution < 1.29 is 19.7 Å². The average molecular weight is 190 g/mol. The smallest absolute Gasteiger partial charge is 0.183 e. The lowest BCUT2D eigenvalue weighted by atomic mass is 9.92. The summed E-state index contributed by atoms with van der Waals surface area (Å²) in [7, 11) is 1.51. The van der Waals surface area contributed by atoms with Crippen molar-refractivity contribution in [2.24, 2.45) is 5.92 Å². The van der Waals surface area contributed by atoms with E-state index in [-0.39, 0.29) is 18.6 Å². The molecular weight excluding hydrogens is 172 g/mol. The molecule has 0 bridgehead atoms. The first kappa shape index (κ1) is 10.9. The van der Waals surface area contributed by atoms with E-state index in [0.29, 0.717) is 12.8 Å². The van der Waals surface area contributed by atoms with Crippen molar-refractivity contribution in [1.29, 1.82) is 0 Å². The molecule has 1 fully saturated rings. The zero-order chi connectivity index (χ0) is 9.84. The second kappa shape index (κ2) is 4.91. The van der Waals surface area contributed by atoms with Crippen molar-refractivity contribution in [2.45, 2.75) is 38.3 Å². The number of hydrogen-bond donors (Lipinski definition) is 2. The SMILES string of the molecule is COC1O[C@H](CCO)[C@H](C)CC1O. The highest BCUT2D eigenvalue weighted by molar-refractivity contribution is 4.78. The predicted molar refractivity (Wildman–Crippen MR) is 47.2 cm³/mol. The van der Waals surface area contributed by atoms with Gasteiger partial charge in [0, 0.05) is 13.7 Å². The molecular formula is C9H18O4. The van der Waals surface area contributed by atoms with Gasteiger partial charge in [0.15, 0.2) is 6.29 Å². The van der Waals surface area contributed by atoms with E-state index >= 15 is 0 Å². The number of rotatable bonds is 3. The number of methoxy groups -OCH3 is 1. The van der Waals surface area contributed by atoms with E-state index in [1.807, 2.05) is 6.92 Å². The monoisotopic (exact) mass is 190 g/mol. The van der Waals surface area contributed by atoms with E-state index in [1.165, 1.54) is 7.11 Å². The first-order valence-corrected chi connectivity index (χ1v) is 4.66. The van der Waals surface area contributed by atoms with Gasteiger partial charge >= 0.3 is 0 Å². The van der Waals surface area contributed by atoms with E-state index in [1.54, 1.807) is 0 Å². The Balaban J connectivity index is 2.48. The lowest BCUT2D eigenvalue weighted by molar-refractivity contribution is -0.245. The van der Waals surface area contributed by atoms with Crippen LogP contribution in [0.1, 0.15) is 19.8 Å². The van der Waals surface area contributed by atoms with Gasteiger partial charge in [-0.15, -0.1) is 0 Å². The highest BCUT2D eigenvalue weighted by Gasteiger charge is 2.34. The van der Waals surface area contributed by atoms with E-state index in [2.05, 4.69) is 0 Å². The summed E-state index contributed by atoms with van der Waals surface area (Å²) in [6, 6.07) is 0.